The van der Waals surface area contributed by atoms with Gasteiger partial charge in [0, 0.05) is 78.5 Å². The van der Waals surface area contributed by atoms with E-state index in [4.69, 9.17) is 28.7 Å². The van der Waals surface area contributed by atoms with Gasteiger partial charge in [-0.3, -0.25) is 4.90 Å². The summed E-state index contributed by atoms with van der Waals surface area (Å²) in [7, 11) is 4.34. The molecule has 0 bridgehead atoms. The van der Waals surface area contributed by atoms with Crippen LogP contribution in [0.1, 0.15) is 123 Å². The summed E-state index contributed by atoms with van der Waals surface area (Å²) in [5.41, 5.74) is 27.3. The lowest BCUT2D eigenvalue weighted by Gasteiger charge is -2.34. The molecule has 0 atom stereocenters. The van der Waals surface area contributed by atoms with Crippen molar-refractivity contribution in [3.8, 4) is 0 Å². The van der Waals surface area contributed by atoms with E-state index in [1.807, 2.05) is 0 Å². The zero-order valence-electron chi connectivity index (χ0n) is 42.2. The maximum atomic E-state index is 5.53. The molecule has 10 N–H and O–H groups in total. The summed E-state index contributed by atoms with van der Waals surface area (Å²) in [4.78, 5) is 19.8. The Kier molecular flexibility index (Phi) is 41.3. The van der Waals surface area contributed by atoms with E-state index in [0.717, 1.165) is 58.2 Å². The van der Waals surface area contributed by atoms with E-state index in [2.05, 4.69) is 67.1 Å². The Balaban J connectivity index is 0.000000375. The Labute approximate surface area is 386 Å². The molecular weight excluding hydrogens is 771 g/mol. The van der Waals surface area contributed by atoms with Crippen LogP contribution in [0.4, 0.5) is 0 Å². The van der Waals surface area contributed by atoms with E-state index in [9.17, 15) is 0 Å². The Morgan fingerprint density at radius 2 is 0.613 bits per heavy atom. The molecule has 0 amide bonds. The van der Waals surface area contributed by atoms with Crippen LogP contribution in [0.3, 0.4) is 0 Å². The first kappa shape index (κ1) is 59.5. The summed E-state index contributed by atoms with van der Waals surface area (Å²) >= 11 is 0. The summed E-state index contributed by atoms with van der Waals surface area (Å²) < 4.78 is 0. The van der Waals surface area contributed by atoms with Gasteiger partial charge < -0.3 is 63.0 Å². The smallest absolute Gasteiger partial charge is 0.0110 e. The van der Waals surface area contributed by atoms with Gasteiger partial charge in [0.25, 0.3) is 0 Å². The predicted octanol–water partition coefficient (Wildman–Crippen LogP) is 3.76. The monoisotopic (exact) mass is 882 g/mol. The average molecular weight is 883 g/mol. The first-order chi connectivity index (χ1) is 30.3. The topological polar surface area (TPSA) is 156 Å². The summed E-state index contributed by atoms with van der Waals surface area (Å²) in [6, 6.07) is 0. The normalized spacial score (nSPS) is 22.0. The van der Waals surface area contributed by atoms with Crippen molar-refractivity contribution in [1.82, 2.24) is 39.2 Å². The molecule has 0 aromatic carbocycles. The van der Waals surface area contributed by atoms with Crippen LogP contribution in [0, 0.1) is 5.92 Å². The number of nitrogens with two attached hydrogens (primary N) is 5. The maximum Gasteiger partial charge on any atom is 0.0110 e. The molecule has 6 heterocycles. The number of rotatable bonds is 17. The fourth-order valence-electron chi connectivity index (χ4n) is 8.91. The van der Waals surface area contributed by atoms with Crippen LogP contribution in [0.25, 0.3) is 0 Å². The summed E-state index contributed by atoms with van der Waals surface area (Å²) in [6.07, 6.45) is 23.0. The van der Waals surface area contributed by atoms with Gasteiger partial charge in [0.05, 0.1) is 0 Å². The molecule has 372 valence electrons. The second kappa shape index (κ2) is 43.1. The Hall–Kier alpha value is -0.520. The molecule has 6 aliphatic rings. The van der Waals surface area contributed by atoms with Crippen molar-refractivity contribution >= 4 is 0 Å². The number of hydrogen-bond donors (Lipinski definition) is 5. The Morgan fingerprint density at radius 1 is 0.323 bits per heavy atom. The highest BCUT2D eigenvalue weighted by Gasteiger charge is 2.16. The number of likely N-dealkylation sites (N-methyl/N-ethyl adjacent to an activating group) is 1. The second-order valence-corrected chi connectivity index (χ2v) is 19.1. The van der Waals surface area contributed by atoms with Crippen molar-refractivity contribution in [3.63, 3.8) is 0 Å². The quantitative estimate of drug-likeness (QED) is 0.144. The predicted molar refractivity (Wildman–Crippen MR) is 272 cm³/mol. The number of nitrogens with zero attached hydrogens (tertiary/aromatic N) is 8. The number of piperidine rings is 4. The van der Waals surface area contributed by atoms with E-state index < -0.39 is 0 Å². The molecule has 0 unspecified atom stereocenters. The molecule has 0 radical (unpaired) electrons. The highest BCUT2D eigenvalue weighted by atomic mass is 15.3. The van der Waals surface area contributed by atoms with Gasteiger partial charge in [-0.15, -0.1) is 0 Å². The third kappa shape index (κ3) is 33.9. The lowest BCUT2D eigenvalue weighted by atomic mass is 9.98. The van der Waals surface area contributed by atoms with Crippen LogP contribution in [0.5, 0.6) is 0 Å². The molecule has 13 nitrogen and oxygen atoms in total. The van der Waals surface area contributed by atoms with Gasteiger partial charge in [-0.05, 0) is 195 Å². The molecule has 6 aliphatic heterocycles. The molecule has 62 heavy (non-hydrogen) atoms. The van der Waals surface area contributed by atoms with E-state index in [1.54, 1.807) is 0 Å². The van der Waals surface area contributed by atoms with E-state index in [0.29, 0.717) is 0 Å². The molecule has 0 aromatic heterocycles. The van der Waals surface area contributed by atoms with Crippen molar-refractivity contribution in [2.75, 3.05) is 191 Å². The van der Waals surface area contributed by atoms with Crippen molar-refractivity contribution in [2.24, 2.45) is 34.6 Å². The fourth-order valence-corrected chi connectivity index (χ4v) is 8.91. The van der Waals surface area contributed by atoms with Crippen LogP contribution >= 0.6 is 0 Å². The SMILES string of the molecule is CCCCN1CCCCC1.CCCCN1CCN(CCCN)CC1.CN1CCC(CN)CC1.CN1CCN(CCN)CC1.NCCCN1CCCCC1.NCCN1CCCCC1. The van der Waals surface area contributed by atoms with Gasteiger partial charge in [-0.1, -0.05) is 46.0 Å². The highest BCUT2D eigenvalue weighted by Crippen LogP contribution is 2.14. The number of piperazine rings is 2. The molecule has 0 spiro atoms. The third-order valence-corrected chi connectivity index (χ3v) is 13.5. The lowest BCUT2D eigenvalue weighted by molar-refractivity contribution is 0.131. The van der Waals surface area contributed by atoms with Gasteiger partial charge >= 0.3 is 0 Å². The van der Waals surface area contributed by atoms with Crippen LogP contribution in [0.15, 0.2) is 0 Å². The summed E-state index contributed by atoms with van der Waals surface area (Å²) in [6.45, 7) is 36.0. The molecule has 6 saturated heterocycles. The maximum absolute atomic E-state index is 5.53. The van der Waals surface area contributed by atoms with E-state index >= 15 is 0 Å². The van der Waals surface area contributed by atoms with Gasteiger partial charge in [0.1, 0.15) is 0 Å². The molecular formula is C49H111N13. The van der Waals surface area contributed by atoms with Crippen LogP contribution < -0.4 is 28.7 Å². The minimum atomic E-state index is 0.795. The second-order valence-electron chi connectivity index (χ2n) is 19.1. The highest BCUT2D eigenvalue weighted by molar-refractivity contribution is 4.73. The van der Waals surface area contributed by atoms with Gasteiger partial charge in [-0.25, -0.2) is 0 Å². The Morgan fingerprint density at radius 3 is 0.935 bits per heavy atom. The van der Waals surface area contributed by atoms with Crippen LogP contribution in [-0.2, 0) is 0 Å². The number of likely N-dealkylation sites (tertiary alicyclic amines) is 4. The van der Waals surface area contributed by atoms with Crippen molar-refractivity contribution < 1.29 is 0 Å². The molecule has 6 fully saturated rings. The molecule has 0 aliphatic carbocycles. The molecule has 6 rings (SSSR count). The largest absolute Gasteiger partial charge is 0.330 e. The standard InChI is InChI=1S/C11H25N3.C9H19N.C8H18N2.C7H17N3.2C7H16N2/c1-2-3-6-13-8-10-14(11-9-13)7-4-5-12;1-2-3-7-10-8-5-4-6-9-10;9-5-4-8-10-6-2-1-3-7-10;1-9-4-6-10(3-2-8)7-5-9;1-9-4-2-7(6-8)3-5-9;8-4-7-9-5-2-1-3-6-9/h2-12H2,1H3;2-9H2,1H3;1-9H2;2-8H2,1H3;7H,2-6,8H2,1H3;1-8H2. The minimum Gasteiger partial charge on any atom is -0.330 e. The minimum absolute atomic E-state index is 0.795. The van der Waals surface area contributed by atoms with Gasteiger partial charge in [-0.2, -0.15) is 0 Å². The van der Waals surface area contributed by atoms with Crippen LogP contribution in [-0.4, -0.2) is 230 Å². The van der Waals surface area contributed by atoms with Crippen molar-refractivity contribution in [2.45, 2.75) is 123 Å². The van der Waals surface area contributed by atoms with E-state index in [1.165, 1.54) is 234 Å². The first-order valence-corrected chi connectivity index (χ1v) is 26.5. The average Bonchev–Trinajstić information content (AvgIpc) is 3.32. The zero-order chi connectivity index (χ0) is 45.3. The summed E-state index contributed by atoms with van der Waals surface area (Å²) in [5.74, 6) is 0.807. The van der Waals surface area contributed by atoms with E-state index in [-0.39, 0.29) is 0 Å². The van der Waals surface area contributed by atoms with Crippen LogP contribution in [0.2, 0.25) is 0 Å². The van der Waals surface area contributed by atoms with Gasteiger partial charge in [0.15, 0.2) is 0 Å². The van der Waals surface area contributed by atoms with Gasteiger partial charge in [0.2, 0.25) is 0 Å². The van der Waals surface area contributed by atoms with Crippen molar-refractivity contribution in [3.05, 3.63) is 0 Å². The number of unbranched alkanes of at least 4 members (excludes halogenated alkanes) is 2. The number of hydrogen-bond acceptors (Lipinski definition) is 13. The third-order valence-electron chi connectivity index (χ3n) is 13.5. The zero-order valence-corrected chi connectivity index (χ0v) is 42.2. The molecule has 13 heteroatoms. The fraction of sp³-hybridized carbons (Fsp3) is 1.00. The molecule has 0 aromatic rings. The lowest BCUT2D eigenvalue weighted by Crippen LogP contribution is -2.46. The first-order valence-electron chi connectivity index (χ1n) is 26.5. The Bertz CT molecular complexity index is 831. The summed E-state index contributed by atoms with van der Waals surface area (Å²) in [5, 5.41) is 0. The van der Waals surface area contributed by atoms with Crippen molar-refractivity contribution in [1.29, 1.82) is 0 Å². The molecule has 0 saturated carbocycles.